The van der Waals surface area contributed by atoms with Crippen molar-refractivity contribution in [3.05, 3.63) is 27.4 Å². The van der Waals surface area contributed by atoms with Crippen molar-refractivity contribution in [2.75, 3.05) is 5.32 Å². The van der Waals surface area contributed by atoms with Crippen molar-refractivity contribution in [1.29, 1.82) is 0 Å². The van der Waals surface area contributed by atoms with E-state index in [1.807, 2.05) is 0 Å². The normalized spacial score (nSPS) is 22.8. The Morgan fingerprint density at radius 3 is 2.75 bits per heavy atom. The maximum Gasteiger partial charge on any atom is 0.289 e. The van der Waals surface area contributed by atoms with Crippen molar-refractivity contribution in [2.45, 2.75) is 45.6 Å². The molecule has 1 heterocycles. The summed E-state index contributed by atoms with van der Waals surface area (Å²) in [4.78, 5) is 14.3. The highest BCUT2D eigenvalue weighted by molar-refractivity contribution is 6.33. The fourth-order valence-electron chi connectivity index (χ4n) is 2.95. The lowest BCUT2D eigenvalue weighted by atomic mass is 9.78. The highest BCUT2D eigenvalue weighted by atomic mass is 35.5. The fourth-order valence-corrected chi connectivity index (χ4v) is 3.16. The first-order valence-corrected chi connectivity index (χ1v) is 7.43. The zero-order valence-electron chi connectivity index (χ0n) is 11.8. The van der Waals surface area contributed by atoms with Gasteiger partial charge in [0.25, 0.3) is 5.69 Å². The quantitative estimate of drug-likeness (QED) is 0.665. The van der Waals surface area contributed by atoms with Crippen molar-refractivity contribution in [1.82, 2.24) is 4.98 Å². The molecule has 1 aliphatic rings. The smallest absolute Gasteiger partial charge is 0.289 e. The van der Waals surface area contributed by atoms with Crippen molar-refractivity contribution in [3.63, 3.8) is 0 Å². The van der Waals surface area contributed by atoms with Crippen LogP contribution in [-0.4, -0.2) is 15.9 Å². The molecule has 2 rings (SSSR count). The number of hydrogen-bond donors (Lipinski definition) is 1. The number of rotatable bonds is 4. The molecule has 0 saturated heterocycles. The zero-order chi connectivity index (χ0) is 14.7. The van der Waals surface area contributed by atoms with Crippen LogP contribution in [-0.2, 0) is 0 Å². The lowest BCUT2D eigenvalue weighted by Crippen LogP contribution is -2.35. The zero-order valence-corrected chi connectivity index (χ0v) is 12.6. The molecule has 1 aromatic rings. The van der Waals surface area contributed by atoms with E-state index in [0.29, 0.717) is 28.7 Å². The number of hydrogen-bond acceptors (Lipinski definition) is 4. The summed E-state index contributed by atoms with van der Waals surface area (Å²) in [7, 11) is 0. The van der Waals surface area contributed by atoms with Crippen LogP contribution >= 0.6 is 11.6 Å². The minimum Gasteiger partial charge on any atom is -0.366 e. The molecule has 0 radical (unpaired) electrons. The van der Waals surface area contributed by atoms with Gasteiger partial charge in [-0.1, -0.05) is 38.3 Å². The van der Waals surface area contributed by atoms with Crippen LogP contribution in [0.1, 0.15) is 39.5 Å². The second kappa shape index (κ2) is 6.39. The molecule has 0 bridgehead atoms. The van der Waals surface area contributed by atoms with Gasteiger partial charge in [0, 0.05) is 12.1 Å². The van der Waals surface area contributed by atoms with Gasteiger partial charge in [-0.15, -0.1) is 0 Å². The van der Waals surface area contributed by atoms with Gasteiger partial charge >= 0.3 is 0 Å². The van der Waals surface area contributed by atoms with E-state index < -0.39 is 4.92 Å². The van der Waals surface area contributed by atoms with Gasteiger partial charge < -0.3 is 5.32 Å². The Morgan fingerprint density at radius 2 is 2.15 bits per heavy atom. The SMILES string of the molecule is CC(C)C1CCCCC1Nc1ncc([N+](=O)[O-])cc1Cl. The second-order valence-electron chi connectivity index (χ2n) is 5.72. The largest absolute Gasteiger partial charge is 0.366 e. The summed E-state index contributed by atoms with van der Waals surface area (Å²) in [6.07, 6.45) is 6.02. The molecule has 2 unspecified atom stereocenters. The minimum atomic E-state index is -0.486. The third-order valence-corrected chi connectivity index (χ3v) is 4.32. The number of anilines is 1. The summed E-state index contributed by atoms with van der Waals surface area (Å²) in [5.74, 6) is 1.75. The molecular formula is C14H20ClN3O2. The van der Waals surface area contributed by atoms with Gasteiger partial charge in [0.1, 0.15) is 12.0 Å². The predicted molar refractivity (Wildman–Crippen MR) is 80.1 cm³/mol. The van der Waals surface area contributed by atoms with Crippen molar-refractivity contribution < 1.29 is 4.92 Å². The topological polar surface area (TPSA) is 68.1 Å². The maximum absolute atomic E-state index is 10.7. The number of nitrogens with one attached hydrogen (secondary N) is 1. The number of aromatic nitrogens is 1. The highest BCUT2D eigenvalue weighted by Crippen LogP contribution is 2.33. The van der Waals surface area contributed by atoms with E-state index in [2.05, 4.69) is 24.1 Å². The highest BCUT2D eigenvalue weighted by Gasteiger charge is 2.28. The van der Waals surface area contributed by atoms with Gasteiger partial charge in [0.05, 0.1) is 9.95 Å². The van der Waals surface area contributed by atoms with Crippen LogP contribution < -0.4 is 5.32 Å². The minimum absolute atomic E-state index is 0.0791. The number of nitro groups is 1. The summed E-state index contributed by atoms with van der Waals surface area (Å²) in [5, 5.41) is 14.4. The van der Waals surface area contributed by atoms with Crippen LogP contribution in [0.15, 0.2) is 12.3 Å². The first kappa shape index (κ1) is 15.0. The Kier molecular flexibility index (Phi) is 4.81. The Hall–Kier alpha value is -1.36. The molecule has 20 heavy (non-hydrogen) atoms. The monoisotopic (exact) mass is 297 g/mol. The number of pyridine rings is 1. The molecule has 0 spiro atoms. The number of nitrogens with zero attached hydrogens (tertiary/aromatic N) is 2. The molecular weight excluding hydrogens is 278 g/mol. The van der Waals surface area contributed by atoms with Gasteiger partial charge in [-0.05, 0) is 24.7 Å². The van der Waals surface area contributed by atoms with Crippen LogP contribution in [0.3, 0.4) is 0 Å². The van der Waals surface area contributed by atoms with Gasteiger partial charge in [-0.3, -0.25) is 10.1 Å². The van der Waals surface area contributed by atoms with E-state index in [9.17, 15) is 10.1 Å². The fraction of sp³-hybridized carbons (Fsp3) is 0.643. The molecule has 1 fully saturated rings. The van der Waals surface area contributed by atoms with E-state index in [1.54, 1.807) is 0 Å². The summed E-state index contributed by atoms with van der Waals surface area (Å²) < 4.78 is 0. The standard InChI is InChI=1S/C14H20ClN3O2/c1-9(2)11-5-3-4-6-13(11)17-14-12(15)7-10(8-16-14)18(19)20/h7-9,11,13H,3-6H2,1-2H3,(H,16,17). The second-order valence-corrected chi connectivity index (χ2v) is 6.13. The third-order valence-electron chi connectivity index (χ3n) is 4.04. The van der Waals surface area contributed by atoms with Crippen LogP contribution in [0.2, 0.25) is 5.02 Å². The van der Waals surface area contributed by atoms with Crippen molar-refractivity contribution >= 4 is 23.1 Å². The Bertz CT molecular complexity index is 493. The molecule has 110 valence electrons. The molecule has 1 aliphatic carbocycles. The van der Waals surface area contributed by atoms with Crippen molar-refractivity contribution in [2.24, 2.45) is 11.8 Å². The molecule has 0 aliphatic heterocycles. The Labute approximate surface area is 123 Å². The van der Waals surface area contributed by atoms with E-state index in [0.717, 1.165) is 6.42 Å². The van der Waals surface area contributed by atoms with E-state index in [1.165, 1.54) is 31.5 Å². The average Bonchev–Trinajstić information content (AvgIpc) is 2.41. The van der Waals surface area contributed by atoms with Crippen LogP contribution in [0.4, 0.5) is 11.5 Å². The molecule has 0 amide bonds. The van der Waals surface area contributed by atoms with Gasteiger partial charge in [0.2, 0.25) is 0 Å². The van der Waals surface area contributed by atoms with Crippen LogP contribution in [0.5, 0.6) is 0 Å². The molecule has 0 aromatic carbocycles. The van der Waals surface area contributed by atoms with Crippen LogP contribution in [0, 0.1) is 22.0 Å². The first-order valence-electron chi connectivity index (χ1n) is 7.05. The molecule has 1 N–H and O–H groups in total. The van der Waals surface area contributed by atoms with Gasteiger partial charge in [-0.2, -0.15) is 0 Å². The summed E-state index contributed by atoms with van der Waals surface area (Å²) >= 11 is 6.09. The van der Waals surface area contributed by atoms with E-state index in [4.69, 9.17) is 11.6 Å². The average molecular weight is 298 g/mol. The Morgan fingerprint density at radius 1 is 1.45 bits per heavy atom. The molecule has 6 heteroatoms. The van der Waals surface area contributed by atoms with E-state index >= 15 is 0 Å². The molecule has 1 aromatic heterocycles. The lowest BCUT2D eigenvalue weighted by Gasteiger charge is -2.35. The van der Waals surface area contributed by atoms with Crippen molar-refractivity contribution in [3.8, 4) is 0 Å². The predicted octanol–water partition coefficient (Wildman–Crippen LogP) is 4.27. The number of halogens is 1. The summed E-state index contributed by atoms with van der Waals surface area (Å²) in [6, 6.07) is 1.69. The van der Waals surface area contributed by atoms with Gasteiger partial charge in [0.15, 0.2) is 0 Å². The van der Waals surface area contributed by atoms with Crippen LogP contribution in [0.25, 0.3) is 0 Å². The lowest BCUT2D eigenvalue weighted by molar-refractivity contribution is -0.385. The first-order chi connectivity index (χ1) is 9.49. The summed E-state index contributed by atoms with van der Waals surface area (Å²) in [5.41, 5.74) is -0.0791. The van der Waals surface area contributed by atoms with Gasteiger partial charge in [-0.25, -0.2) is 4.98 Å². The molecule has 5 nitrogen and oxygen atoms in total. The van der Waals surface area contributed by atoms with E-state index in [-0.39, 0.29) is 5.69 Å². The summed E-state index contributed by atoms with van der Waals surface area (Å²) in [6.45, 7) is 4.46. The maximum atomic E-state index is 10.7. The Balaban J connectivity index is 2.14. The molecule has 2 atom stereocenters. The third kappa shape index (κ3) is 3.39. The molecule has 1 saturated carbocycles.